The van der Waals surface area contributed by atoms with Crippen LogP contribution in [0.1, 0.15) is 31.0 Å². The molecule has 2 unspecified atom stereocenters. The van der Waals surface area contributed by atoms with Gasteiger partial charge in [0, 0.05) is 54.2 Å². The molecule has 3 aromatic rings. The summed E-state index contributed by atoms with van der Waals surface area (Å²) < 4.78 is 15.9. The lowest BCUT2D eigenvalue weighted by molar-refractivity contribution is 0.252. The normalized spacial score (nSPS) is 17.3. The zero-order valence-corrected chi connectivity index (χ0v) is 17.2. The average Bonchev–Trinajstić information content (AvgIpc) is 3.16. The van der Waals surface area contributed by atoms with Gasteiger partial charge in [-0.1, -0.05) is 17.7 Å². The molecule has 148 valence electrons. The Bertz CT molecular complexity index is 1100. The van der Waals surface area contributed by atoms with Crippen molar-refractivity contribution in [1.29, 1.82) is 0 Å². The number of pyridine rings is 1. The van der Waals surface area contributed by atoms with Crippen LogP contribution in [0.5, 0.6) is 0 Å². The third-order valence-electron chi connectivity index (χ3n) is 5.13. The van der Waals surface area contributed by atoms with Crippen molar-refractivity contribution in [1.82, 2.24) is 19.7 Å². The van der Waals surface area contributed by atoms with E-state index in [1.165, 1.54) is 6.07 Å². The first kappa shape index (κ1) is 19.3. The Morgan fingerprint density at radius 1 is 1.10 bits per heavy atom. The molecule has 5 nitrogen and oxygen atoms in total. The van der Waals surface area contributed by atoms with Crippen LogP contribution in [-0.4, -0.2) is 32.0 Å². The van der Waals surface area contributed by atoms with Gasteiger partial charge in [-0.25, -0.2) is 4.39 Å². The number of hydrogen-bond donors (Lipinski definition) is 0. The Hall–Kier alpha value is -2.99. The van der Waals surface area contributed by atoms with Crippen LogP contribution in [0, 0.1) is 5.82 Å². The predicted octanol–water partition coefficient (Wildman–Crippen LogP) is 5.11. The molecule has 4 rings (SSSR count). The number of benzene rings is 1. The summed E-state index contributed by atoms with van der Waals surface area (Å²) in [5, 5.41) is 4.35. The second kappa shape index (κ2) is 7.79. The Kier molecular flexibility index (Phi) is 5.20. The van der Waals surface area contributed by atoms with E-state index in [0.717, 1.165) is 28.0 Å². The van der Waals surface area contributed by atoms with Gasteiger partial charge < -0.3 is 4.90 Å². The topological polar surface area (TPSA) is 46.3 Å². The molecule has 0 saturated heterocycles. The van der Waals surface area contributed by atoms with Gasteiger partial charge in [0.05, 0.1) is 17.3 Å². The minimum Gasteiger partial charge on any atom is -0.342 e. The molecule has 0 saturated carbocycles. The monoisotopic (exact) mass is 409 g/mol. The molecular weight excluding hydrogens is 389 g/mol. The first-order valence-corrected chi connectivity index (χ1v) is 9.73. The summed E-state index contributed by atoms with van der Waals surface area (Å²) in [6.07, 6.45) is 11.0. The van der Waals surface area contributed by atoms with E-state index < -0.39 is 5.82 Å². The van der Waals surface area contributed by atoms with Gasteiger partial charge in [-0.2, -0.15) is 5.10 Å². The Balaban J connectivity index is 1.71. The van der Waals surface area contributed by atoms with Crippen LogP contribution >= 0.6 is 11.6 Å². The van der Waals surface area contributed by atoms with Gasteiger partial charge in [-0.15, -0.1) is 0 Å². The van der Waals surface area contributed by atoms with E-state index in [0.29, 0.717) is 0 Å². The maximum atomic E-state index is 14.1. The Morgan fingerprint density at radius 2 is 1.93 bits per heavy atom. The summed E-state index contributed by atoms with van der Waals surface area (Å²) in [6.45, 7) is 4.12. The summed E-state index contributed by atoms with van der Waals surface area (Å²) in [6, 6.07) is 6.95. The van der Waals surface area contributed by atoms with Crippen molar-refractivity contribution in [2.75, 3.05) is 0 Å². The molecule has 1 aliphatic heterocycles. The molecule has 0 fully saturated rings. The van der Waals surface area contributed by atoms with E-state index in [9.17, 15) is 4.39 Å². The molecule has 0 N–H and O–H groups in total. The highest BCUT2D eigenvalue weighted by atomic mass is 35.5. The molecule has 2 atom stereocenters. The second-order valence-corrected chi connectivity index (χ2v) is 7.51. The lowest BCUT2D eigenvalue weighted by Crippen LogP contribution is -2.35. The summed E-state index contributed by atoms with van der Waals surface area (Å²) in [5.74, 6) is -0.437. The molecule has 0 aliphatic carbocycles. The van der Waals surface area contributed by atoms with E-state index in [2.05, 4.69) is 33.0 Å². The van der Waals surface area contributed by atoms with Crippen molar-refractivity contribution >= 4 is 23.5 Å². The molecule has 3 heterocycles. The quantitative estimate of drug-likeness (QED) is 0.601. The smallest absolute Gasteiger partial charge is 0.142 e. The minimum absolute atomic E-state index is 0.0310. The molecule has 1 aromatic carbocycles. The van der Waals surface area contributed by atoms with E-state index >= 15 is 0 Å². The van der Waals surface area contributed by atoms with Crippen LogP contribution in [0.3, 0.4) is 0 Å². The summed E-state index contributed by atoms with van der Waals surface area (Å²) in [7, 11) is 1.89. The maximum absolute atomic E-state index is 14.1. The molecule has 0 radical (unpaired) electrons. The highest BCUT2D eigenvalue weighted by molar-refractivity contribution is 6.30. The largest absolute Gasteiger partial charge is 0.342 e. The number of hydrogen-bond acceptors (Lipinski definition) is 4. The van der Waals surface area contributed by atoms with Crippen molar-refractivity contribution in [3.05, 3.63) is 77.1 Å². The lowest BCUT2D eigenvalue weighted by Gasteiger charge is -2.38. The number of nitrogens with zero attached hydrogens (tertiary/aromatic N) is 5. The number of aliphatic imine (C=N–C) groups is 1. The first-order valence-electron chi connectivity index (χ1n) is 9.35. The van der Waals surface area contributed by atoms with Crippen LogP contribution in [0.4, 0.5) is 4.39 Å². The summed E-state index contributed by atoms with van der Waals surface area (Å²) in [4.78, 5) is 11.1. The SMILES string of the molecule is CC1N=CC=C(c2ccc(Cl)c(F)c2)N1C(C)c1cncc(-c2cnn(C)c2)c1. The molecule has 0 amide bonds. The predicted molar refractivity (Wildman–Crippen MR) is 114 cm³/mol. The number of allylic oxidation sites excluding steroid dienone is 1. The zero-order chi connectivity index (χ0) is 20.5. The molecule has 29 heavy (non-hydrogen) atoms. The third-order valence-corrected chi connectivity index (χ3v) is 5.43. The van der Waals surface area contributed by atoms with Crippen LogP contribution < -0.4 is 0 Å². The van der Waals surface area contributed by atoms with Gasteiger partial charge in [0.15, 0.2) is 0 Å². The Labute approximate surface area is 174 Å². The van der Waals surface area contributed by atoms with E-state index in [4.69, 9.17) is 11.6 Å². The van der Waals surface area contributed by atoms with E-state index in [-0.39, 0.29) is 17.2 Å². The van der Waals surface area contributed by atoms with Crippen LogP contribution in [0.25, 0.3) is 16.8 Å². The first-order chi connectivity index (χ1) is 13.9. The lowest BCUT2D eigenvalue weighted by atomic mass is 10.0. The zero-order valence-electron chi connectivity index (χ0n) is 16.4. The highest BCUT2D eigenvalue weighted by Gasteiger charge is 2.27. The van der Waals surface area contributed by atoms with Crippen molar-refractivity contribution < 1.29 is 4.39 Å². The van der Waals surface area contributed by atoms with Crippen molar-refractivity contribution in [3.8, 4) is 11.1 Å². The molecular formula is C22H21ClFN5. The molecule has 2 aromatic heterocycles. The fraction of sp³-hybridized carbons (Fsp3) is 0.227. The highest BCUT2D eigenvalue weighted by Crippen LogP contribution is 2.35. The standard InChI is InChI=1S/C22H21ClFN5/c1-14(17-8-18(11-25-10-17)19-12-27-28(3)13-19)29-15(2)26-7-6-22(29)16-4-5-20(23)21(24)9-16/h4-15H,1-3H3. The molecule has 7 heteroatoms. The van der Waals surface area contributed by atoms with E-state index in [1.54, 1.807) is 17.0 Å². The number of aryl methyl sites for hydroxylation is 1. The van der Waals surface area contributed by atoms with Crippen LogP contribution in [0.2, 0.25) is 5.02 Å². The van der Waals surface area contributed by atoms with Crippen LogP contribution in [0.15, 0.2) is 60.1 Å². The fourth-order valence-electron chi connectivity index (χ4n) is 3.61. The van der Waals surface area contributed by atoms with Crippen molar-refractivity contribution in [3.63, 3.8) is 0 Å². The minimum atomic E-state index is -0.437. The van der Waals surface area contributed by atoms with Gasteiger partial charge in [0.25, 0.3) is 0 Å². The third kappa shape index (κ3) is 3.80. The molecule has 1 aliphatic rings. The van der Waals surface area contributed by atoms with Crippen molar-refractivity contribution in [2.45, 2.75) is 26.1 Å². The van der Waals surface area contributed by atoms with Gasteiger partial charge in [0.2, 0.25) is 0 Å². The number of rotatable bonds is 4. The van der Waals surface area contributed by atoms with Crippen molar-refractivity contribution in [2.24, 2.45) is 12.0 Å². The summed E-state index contributed by atoms with van der Waals surface area (Å²) >= 11 is 5.87. The van der Waals surface area contributed by atoms with Gasteiger partial charge in [-0.3, -0.25) is 14.7 Å². The Morgan fingerprint density at radius 3 is 2.66 bits per heavy atom. The summed E-state index contributed by atoms with van der Waals surface area (Å²) in [5.41, 5.74) is 4.69. The van der Waals surface area contributed by atoms with Gasteiger partial charge in [-0.05, 0) is 43.7 Å². The molecule has 0 spiro atoms. The number of halogens is 2. The van der Waals surface area contributed by atoms with Gasteiger partial charge in [0.1, 0.15) is 12.0 Å². The van der Waals surface area contributed by atoms with Crippen LogP contribution in [-0.2, 0) is 7.05 Å². The van der Waals surface area contributed by atoms with E-state index in [1.807, 2.05) is 50.9 Å². The second-order valence-electron chi connectivity index (χ2n) is 7.10. The van der Waals surface area contributed by atoms with Gasteiger partial charge >= 0.3 is 0 Å². The molecule has 0 bridgehead atoms. The number of aromatic nitrogens is 3. The maximum Gasteiger partial charge on any atom is 0.142 e. The average molecular weight is 410 g/mol. The fourth-order valence-corrected chi connectivity index (χ4v) is 3.72.